The van der Waals surface area contributed by atoms with E-state index in [9.17, 15) is 18.8 Å². The van der Waals surface area contributed by atoms with Crippen LogP contribution in [0.3, 0.4) is 0 Å². The monoisotopic (exact) mass is 878 g/mol. The first-order valence-electron chi connectivity index (χ1n) is 22.4. The van der Waals surface area contributed by atoms with E-state index in [0.29, 0.717) is 79.5 Å². The Hall–Kier alpha value is -6.56. The first-order valence-corrected chi connectivity index (χ1v) is 22.4. The maximum Gasteiger partial charge on any atom is 0.276 e. The largest absolute Gasteiger partial charge is 0.357 e. The van der Waals surface area contributed by atoms with Gasteiger partial charge in [-0.05, 0) is 88.0 Å². The smallest absolute Gasteiger partial charge is 0.276 e. The molecule has 15 nitrogen and oxygen atoms in total. The van der Waals surface area contributed by atoms with Crippen molar-refractivity contribution in [1.82, 2.24) is 44.7 Å². The second kappa shape index (κ2) is 14.5. The minimum absolute atomic E-state index is 0.139. The van der Waals surface area contributed by atoms with Crippen LogP contribution in [0, 0.1) is 17.0 Å². The number of nitrogens with zero attached hydrogens (tertiary/aromatic N) is 9. The van der Waals surface area contributed by atoms with E-state index >= 15 is 4.39 Å². The molecule has 3 N–H and O–H groups in total. The summed E-state index contributed by atoms with van der Waals surface area (Å²) in [5.74, 6) is -1.96. The van der Waals surface area contributed by atoms with Crippen molar-refractivity contribution in [3.63, 3.8) is 0 Å². The molecule has 0 fully saturated rings. The van der Waals surface area contributed by atoms with Gasteiger partial charge in [-0.2, -0.15) is 15.3 Å². The Bertz CT molecular complexity index is 3230. The summed E-state index contributed by atoms with van der Waals surface area (Å²) in [7, 11) is 3.87. The van der Waals surface area contributed by atoms with Crippen LogP contribution >= 0.6 is 0 Å². The topological polar surface area (TPSA) is 151 Å². The van der Waals surface area contributed by atoms with Crippen molar-refractivity contribution in [2.24, 2.45) is 20.7 Å². The fraction of sp³-hybridized carbons (Fsp3) is 0.375. The molecule has 0 saturated carbocycles. The minimum atomic E-state index is -0.508. The SMILES string of the molecule is CN(CCn1c2c3c4c(cc(F)cc41)C(=O)N(CN(C)CCn1c4c5c6c(cccc61)C(=O)NN=C5CCC4)N=C3CC(C)(C)C2)CN1N=C2CNCc3[nH]c4cc(F)cc(c4c32)C1=O. The number of aromatic nitrogens is 3. The Labute approximate surface area is 372 Å². The highest BCUT2D eigenvalue weighted by Gasteiger charge is 2.40. The maximum absolute atomic E-state index is 15.9. The van der Waals surface area contributed by atoms with Crippen LogP contribution in [0.1, 0.15) is 98.0 Å². The van der Waals surface area contributed by atoms with Crippen molar-refractivity contribution in [3.05, 3.63) is 105 Å². The van der Waals surface area contributed by atoms with Gasteiger partial charge in [-0.3, -0.25) is 24.2 Å². The molecule has 17 heteroatoms. The average molecular weight is 879 g/mol. The van der Waals surface area contributed by atoms with E-state index in [4.69, 9.17) is 10.2 Å². The van der Waals surface area contributed by atoms with Gasteiger partial charge < -0.3 is 19.4 Å². The lowest BCUT2D eigenvalue weighted by Crippen LogP contribution is -2.40. The van der Waals surface area contributed by atoms with Gasteiger partial charge in [0.15, 0.2) is 0 Å². The molecular weight excluding hydrogens is 831 g/mol. The van der Waals surface area contributed by atoms with E-state index in [-0.39, 0.29) is 47.6 Å². The van der Waals surface area contributed by atoms with E-state index in [1.54, 1.807) is 0 Å². The first kappa shape index (κ1) is 40.0. The number of carbonyl (C=O) groups is 3. The lowest BCUT2D eigenvalue weighted by Gasteiger charge is -2.33. The number of halogens is 2. The molecule has 6 aliphatic rings. The van der Waals surface area contributed by atoms with Gasteiger partial charge in [-0.25, -0.2) is 24.2 Å². The van der Waals surface area contributed by atoms with Gasteiger partial charge in [0.25, 0.3) is 17.7 Å². The lowest BCUT2D eigenvalue weighted by molar-refractivity contribution is 0.0654. The van der Waals surface area contributed by atoms with E-state index < -0.39 is 11.6 Å². The zero-order valence-electron chi connectivity index (χ0n) is 36.7. The fourth-order valence-electron chi connectivity index (χ4n) is 11.3. The fourth-order valence-corrected chi connectivity index (χ4v) is 11.3. The molecule has 4 aliphatic heterocycles. The van der Waals surface area contributed by atoms with E-state index in [0.717, 1.165) is 75.4 Å². The molecule has 3 aromatic carbocycles. The van der Waals surface area contributed by atoms with Gasteiger partial charge in [0.1, 0.15) is 11.6 Å². The highest BCUT2D eigenvalue weighted by atomic mass is 19.1. The summed E-state index contributed by atoms with van der Waals surface area (Å²) in [4.78, 5) is 49.1. The molecule has 332 valence electrons. The van der Waals surface area contributed by atoms with E-state index in [2.05, 4.69) is 54.8 Å². The number of likely N-dealkylation sites (N-methyl/N-ethyl adjacent to an activating group) is 2. The number of carbonyl (C=O) groups excluding carboxylic acids is 3. The van der Waals surface area contributed by atoms with Crippen molar-refractivity contribution in [3.8, 4) is 0 Å². The number of hydrazone groups is 3. The van der Waals surface area contributed by atoms with Gasteiger partial charge in [0.2, 0.25) is 0 Å². The zero-order valence-corrected chi connectivity index (χ0v) is 36.7. The molecule has 6 aromatic rings. The molecule has 2 aliphatic carbocycles. The average Bonchev–Trinajstić information content (AvgIpc) is 3.82. The van der Waals surface area contributed by atoms with Crippen LogP contribution < -0.4 is 10.7 Å². The predicted octanol–water partition coefficient (Wildman–Crippen LogP) is 5.71. The molecular formula is C48H48F2N12O3. The van der Waals surface area contributed by atoms with Crippen LogP contribution in [0.4, 0.5) is 8.78 Å². The van der Waals surface area contributed by atoms with Crippen molar-refractivity contribution in [1.29, 1.82) is 0 Å². The predicted molar refractivity (Wildman–Crippen MR) is 243 cm³/mol. The quantitative estimate of drug-likeness (QED) is 0.161. The zero-order chi connectivity index (χ0) is 44.6. The van der Waals surface area contributed by atoms with E-state index in [1.165, 1.54) is 40.0 Å². The minimum Gasteiger partial charge on any atom is -0.357 e. The van der Waals surface area contributed by atoms with Crippen molar-refractivity contribution in [2.45, 2.75) is 65.6 Å². The van der Waals surface area contributed by atoms with Gasteiger partial charge in [-0.1, -0.05) is 19.9 Å². The standard InChI is InChI=1S/C48H48F2N12O3/c1-48(2)19-32-44-38(20-48)60(14-12-58(4)24-62-46(64)28-15-25(49)17-31-39(28)42-33(52-31)21-51-22-34(42)56-62)37-18-26(50)16-29(41(37)44)47(65)61(55-32)23-57(3)11-13-59-35-9-5-7-27-40(35)43-30(53-54-45(27)63)8-6-10-36(43)59/h5,7,9,15-18,51-52H,6,8,10-14,19-24H2,1-4H3,(H,54,63). The van der Waals surface area contributed by atoms with Crippen molar-refractivity contribution in [2.75, 3.05) is 47.1 Å². The number of benzene rings is 3. The number of hydrogen-bond acceptors (Lipinski definition) is 9. The molecule has 3 aromatic heterocycles. The van der Waals surface area contributed by atoms with Crippen LogP contribution in [0.2, 0.25) is 0 Å². The molecule has 3 amide bonds. The third kappa shape index (κ3) is 6.22. The molecule has 0 atom stereocenters. The number of rotatable bonds is 10. The summed E-state index contributed by atoms with van der Waals surface area (Å²) in [6.07, 6.45) is 3.95. The summed E-state index contributed by atoms with van der Waals surface area (Å²) >= 11 is 0. The van der Waals surface area contributed by atoms with Crippen LogP contribution in [-0.4, -0.2) is 116 Å². The van der Waals surface area contributed by atoms with E-state index in [1.807, 2.05) is 31.1 Å². The molecule has 0 spiro atoms. The number of hydrogen-bond donors (Lipinski definition) is 3. The summed E-state index contributed by atoms with van der Waals surface area (Å²) in [5, 5.41) is 23.0. The Morgan fingerprint density at radius 1 is 0.708 bits per heavy atom. The molecule has 0 saturated heterocycles. The maximum atomic E-state index is 15.9. The molecule has 0 radical (unpaired) electrons. The number of aromatic amines is 1. The summed E-state index contributed by atoms with van der Waals surface area (Å²) in [6, 6.07) is 11.4. The summed E-state index contributed by atoms with van der Waals surface area (Å²) < 4.78 is 35.2. The summed E-state index contributed by atoms with van der Waals surface area (Å²) in [6.45, 7) is 7.87. The Morgan fingerprint density at radius 2 is 1.37 bits per heavy atom. The van der Waals surface area contributed by atoms with Crippen LogP contribution in [0.15, 0.2) is 57.8 Å². The van der Waals surface area contributed by atoms with Gasteiger partial charge in [-0.15, -0.1) is 0 Å². The second-order valence-corrected chi connectivity index (χ2v) is 19.3. The number of amides is 3. The third-order valence-corrected chi connectivity index (χ3v) is 14.1. The molecule has 12 rings (SSSR count). The molecule has 65 heavy (non-hydrogen) atoms. The number of H-pyrrole nitrogens is 1. The summed E-state index contributed by atoms with van der Waals surface area (Å²) in [5.41, 5.74) is 14.2. The van der Waals surface area contributed by atoms with Gasteiger partial charge in [0, 0.05) is 94.7 Å². The van der Waals surface area contributed by atoms with Gasteiger partial charge >= 0.3 is 0 Å². The molecule has 7 heterocycles. The van der Waals surface area contributed by atoms with Crippen LogP contribution in [-0.2, 0) is 32.5 Å². The van der Waals surface area contributed by atoms with Crippen molar-refractivity contribution < 1.29 is 23.2 Å². The van der Waals surface area contributed by atoms with Gasteiger partial charge in [0.05, 0.1) is 58.2 Å². The highest BCUT2D eigenvalue weighted by Crippen LogP contribution is 2.44. The van der Waals surface area contributed by atoms with Crippen LogP contribution in [0.5, 0.6) is 0 Å². The highest BCUT2D eigenvalue weighted by molar-refractivity contribution is 6.23. The Morgan fingerprint density at radius 3 is 2.12 bits per heavy atom. The number of nitrogens with one attached hydrogen (secondary N) is 3. The van der Waals surface area contributed by atoms with Crippen molar-refractivity contribution >= 4 is 67.6 Å². The molecule has 0 bridgehead atoms. The normalized spacial score (nSPS) is 18.4. The van der Waals surface area contributed by atoms with Crippen LogP contribution in [0.25, 0.3) is 32.7 Å². The second-order valence-electron chi connectivity index (χ2n) is 19.3. The first-order chi connectivity index (χ1) is 31.3. The lowest BCUT2D eigenvalue weighted by atomic mass is 9.75. The molecule has 0 unspecified atom stereocenters. The third-order valence-electron chi connectivity index (χ3n) is 14.1. The Balaban J connectivity index is 0.823. The Kier molecular flexibility index (Phi) is 8.90.